The molecule has 1 rings (SSSR count). The summed E-state index contributed by atoms with van der Waals surface area (Å²) in [4.78, 5) is 0. The van der Waals surface area contributed by atoms with Gasteiger partial charge in [0, 0.05) is 6.04 Å². The van der Waals surface area contributed by atoms with Gasteiger partial charge in [-0.05, 0) is 31.7 Å². The van der Waals surface area contributed by atoms with Crippen LogP contribution in [0.2, 0.25) is 0 Å². The van der Waals surface area contributed by atoms with E-state index in [1.165, 1.54) is 0 Å². The van der Waals surface area contributed by atoms with Crippen molar-refractivity contribution in [3.05, 3.63) is 29.8 Å². The number of hydrogen-bond donors (Lipinski definition) is 3. The van der Waals surface area contributed by atoms with E-state index in [2.05, 4.69) is 5.32 Å². The van der Waals surface area contributed by atoms with Crippen LogP contribution in [-0.2, 0) is 0 Å². The van der Waals surface area contributed by atoms with Crippen LogP contribution >= 0.6 is 12.4 Å². The fourth-order valence-electron chi connectivity index (χ4n) is 1.12. The van der Waals surface area contributed by atoms with Gasteiger partial charge in [0.2, 0.25) is 0 Å². The summed E-state index contributed by atoms with van der Waals surface area (Å²) in [5.74, 6) is 0.216. The van der Waals surface area contributed by atoms with Crippen LogP contribution in [0.3, 0.4) is 0 Å². The van der Waals surface area contributed by atoms with Crippen molar-refractivity contribution in [2.24, 2.45) is 0 Å². The molecule has 0 saturated heterocycles. The van der Waals surface area contributed by atoms with Gasteiger partial charge in [-0.2, -0.15) is 0 Å². The van der Waals surface area contributed by atoms with E-state index < -0.39 is 6.10 Å². The second-order valence-corrected chi connectivity index (χ2v) is 3.11. The fraction of sp³-hybridized carbons (Fsp3) is 0.400. The third-order valence-electron chi connectivity index (χ3n) is 2.16. The zero-order chi connectivity index (χ0) is 9.84. The molecule has 0 saturated carbocycles. The summed E-state index contributed by atoms with van der Waals surface area (Å²) in [7, 11) is 1.80. The normalized spacial score (nSPS) is 14.2. The minimum absolute atomic E-state index is 0. The van der Waals surface area contributed by atoms with E-state index in [-0.39, 0.29) is 24.2 Å². The molecule has 14 heavy (non-hydrogen) atoms. The number of benzene rings is 1. The number of phenols is 1. The van der Waals surface area contributed by atoms with Crippen molar-refractivity contribution in [2.45, 2.75) is 19.1 Å². The largest absolute Gasteiger partial charge is 0.508 e. The molecule has 0 fully saturated rings. The van der Waals surface area contributed by atoms with Gasteiger partial charge in [0.05, 0.1) is 6.10 Å². The zero-order valence-electron chi connectivity index (χ0n) is 8.27. The third kappa shape index (κ3) is 3.18. The van der Waals surface area contributed by atoms with Crippen molar-refractivity contribution in [3.8, 4) is 5.75 Å². The molecule has 2 atom stereocenters. The Labute approximate surface area is 90.2 Å². The average molecular weight is 218 g/mol. The fourth-order valence-corrected chi connectivity index (χ4v) is 1.12. The SMILES string of the molecule is CN[C@H](C)[C@@H](O)c1ccc(O)cc1.Cl. The van der Waals surface area contributed by atoms with Crippen molar-refractivity contribution in [1.29, 1.82) is 0 Å². The lowest BCUT2D eigenvalue weighted by molar-refractivity contribution is 0.140. The summed E-state index contributed by atoms with van der Waals surface area (Å²) in [6.45, 7) is 1.90. The van der Waals surface area contributed by atoms with Crippen molar-refractivity contribution in [1.82, 2.24) is 5.32 Å². The van der Waals surface area contributed by atoms with Crippen LogP contribution in [0.4, 0.5) is 0 Å². The predicted molar refractivity (Wildman–Crippen MR) is 58.8 cm³/mol. The maximum absolute atomic E-state index is 9.74. The number of likely N-dealkylation sites (N-methyl/N-ethyl adjacent to an activating group) is 1. The summed E-state index contributed by atoms with van der Waals surface area (Å²) < 4.78 is 0. The third-order valence-corrected chi connectivity index (χ3v) is 2.16. The highest BCUT2D eigenvalue weighted by Crippen LogP contribution is 2.19. The summed E-state index contributed by atoms with van der Waals surface area (Å²) >= 11 is 0. The van der Waals surface area contributed by atoms with Gasteiger partial charge in [0.1, 0.15) is 5.75 Å². The van der Waals surface area contributed by atoms with Crippen LogP contribution in [0.5, 0.6) is 5.75 Å². The van der Waals surface area contributed by atoms with Gasteiger partial charge >= 0.3 is 0 Å². The van der Waals surface area contributed by atoms with Gasteiger partial charge in [-0.25, -0.2) is 0 Å². The number of aromatic hydroxyl groups is 1. The molecule has 0 bridgehead atoms. The maximum atomic E-state index is 9.74. The lowest BCUT2D eigenvalue weighted by Crippen LogP contribution is -2.28. The van der Waals surface area contributed by atoms with Gasteiger partial charge in [0.25, 0.3) is 0 Å². The van der Waals surface area contributed by atoms with Gasteiger partial charge in [0.15, 0.2) is 0 Å². The van der Waals surface area contributed by atoms with Gasteiger partial charge in [-0.1, -0.05) is 12.1 Å². The Bertz CT molecular complexity index is 263. The molecule has 0 radical (unpaired) electrons. The van der Waals surface area contributed by atoms with Crippen LogP contribution < -0.4 is 5.32 Å². The second-order valence-electron chi connectivity index (χ2n) is 3.11. The molecule has 1 aromatic carbocycles. The summed E-state index contributed by atoms with van der Waals surface area (Å²) in [5, 5.41) is 21.7. The van der Waals surface area contributed by atoms with E-state index in [4.69, 9.17) is 5.11 Å². The Morgan fingerprint density at radius 1 is 1.21 bits per heavy atom. The average Bonchev–Trinajstić information content (AvgIpc) is 2.17. The molecule has 0 unspecified atom stereocenters. The maximum Gasteiger partial charge on any atom is 0.115 e. The first-order valence-electron chi connectivity index (χ1n) is 4.29. The first-order valence-corrected chi connectivity index (χ1v) is 4.29. The summed E-state index contributed by atoms with van der Waals surface area (Å²) in [6, 6.07) is 6.58. The molecule has 3 N–H and O–H groups in total. The Hall–Kier alpha value is -0.770. The number of halogens is 1. The number of nitrogens with one attached hydrogen (secondary N) is 1. The van der Waals surface area contributed by atoms with Crippen LogP contribution in [0.25, 0.3) is 0 Å². The zero-order valence-corrected chi connectivity index (χ0v) is 9.08. The van der Waals surface area contributed by atoms with Crippen molar-refractivity contribution in [2.75, 3.05) is 7.05 Å². The molecule has 0 aliphatic heterocycles. The first-order chi connectivity index (χ1) is 6.15. The lowest BCUT2D eigenvalue weighted by Gasteiger charge is -2.18. The minimum atomic E-state index is -0.536. The minimum Gasteiger partial charge on any atom is -0.508 e. The van der Waals surface area contributed by atoms with E-state index in [9.17, 15) is 5.11 Å². The highest BCUT2D eigenvalue weighted by Gasteiger charge is 2.13. The molecule has 0 aliphatic rings. The Kier molecular flexibility index (Phi) is 5.53. The number of phenolic OH excluding ortho intramolecular Hbond substituents is 1. The smallest absolute Gasteiger partial charge is 0.115 e. The molecular weight excluding hydrogens is 202 g/mol. The van der Waals surface area contributed by atoms with E-state index in [1.54, 1.807) is 31.3 Å². The molecule has 0 aliphatic carbocycles. The quantitative estimate of drug-likeness (QED) is 0.719. The molecule has 0 spiro atoms. The van der Waals surface area contributed by atoms with E-state index in [1.807, 2.05) is 6.92 Å². The van der Waals surface area contributed by atoms with Crippen molar-refractivity contribution >= 4 is 12.4 Å². The molecule has 4 heteroatoms. The topological polar surface area (TPSA) is 52.5 Å². The first kappa shape index (κ1) is 13.2. The van der Waals surface area contributed by atoms with Gasteiger partial charge < -0.3 is 15.5 Å². The van der Waals surface area contributed by atoms with Crippen LogP contribution in [0.1, 0.15) is 18.6 Å². The van der Waals surface area contributed by atoms with E-state index in [0.717, 1.165) is 5.56 Å². The number of aliphatic hydroxyl groups excluding tert-OH is 1. The molecule has 80 valence electrons. The number of rotatable bonds is 3. The van der Waals surface area contributed by atoms with Crippen molar-refractivity contribution in [3.63, 3.8) is 0 Å². The van der Waals surface area contributed by atoms with E-state index >= 15 is 0 Å². The standard InChI is InChI=1S/C10H15NO2.ClH/c1-7(11-2)10(13)8-3-5-9(12)6-4-8;/h3-7,10-13H,1-2H3;1H/t7-,10-;/m1./s1. The highest BCUT2D eigenvalue weighted by atomic mass is 35.5. The van der Waals surface area contributed by atoms with Gasteiger partial charge in [-0.3, -0.25) is 0 Å². The summed E-state index contributed by atoms with van der Waals surface area (Å²) in [6.07, 6.45) is -0.536. The Morgan fingerprint density at radius 3 is 2.14 bits per heavy atom. The second kappa shape index (κ2) is 5.86. The predicted octanol–water partition coefficient (Wildman–Crippen LogP) is 1.46. The summed E-state index contributed by atoms with van der Waals surface area (Å²) in [5.41, 5.74) is 0.805. The van der Waals surface area contributed by atoms with Crippen molar-refractivity contribution < 1.29 is 10.2 Å². The number of aliphatic hydroxyl groups is 1. The number of hydrogen-bond acceptors (Lipinski definition) is 3. The Balaban J connectivity index is 0.00000169. The molecule has 0 aromatic heterocycles. The molecule has 0 heterocycles. The monoisotopic (exact) mass is 217 g/mol. The van der Waals surface area contributed by atoms with Gasteiger partial charge in [-0.15, -0.1) is 12.4 Å². The highest BCUT2D eigenvalue weighted by molar-refractivity contribution is 5.85. The van der Waals surface area contributed by atoms with E-state index in [0.29, 0.717) is 0 Å². The van der Waals surface area contributed by atoms with Crippen LogP contribution in [-0.4, -0.2) is 23.3 Å². The van der Waals surface area contributed by atoms with Crippen LogP contribution in [0.15, 0.2) is 24.3 Å². The lowest BCUT2D eigenvalue weighted by atomic mass is 10.0. The Morgan fingerprint density at radius 2 is 1.71 bits per heavy atom. The molecule has 3 nitrogen and oxygen atoms in total. The van der Waals surface area contributed by atoms with Crippen LogP contribution in [0, 0.1) is 0 Å². The molecule has 0 amide bonds. The molecule has 1 aromatic rings. The molecular formula is C10H16ClNO2.